The summed E-state index contributed by atoms with van der Waals surface area (Å²) in [5.41, 5.74) is 0.826. The van der Waals surface area contributed by atoms with Gasteiger partial charge >= 0.3 is 0 Å². The van der Waals surface area contributed by atoms with Crippen molar-refractivity contribution in [1.82, 2.24) is 30.3 Å². The number of hydrogen-bond donors (Lipinski definition) is 4. The molecule has 0 amide bonds. The second-order valence-corrected chi connectivity index (χ2v) is 7.61. The Morgan fingerprint density at radius 2 is 2.03 bits per heavy atom. The predicted octanol–water partition coefficient (Wildman–Crippen LogP) is 0.0631. The zero-order valence-corrected chi connectivity index (χ0v) is 17.3. The highest BCUT2D eigenvalue weighted by molar-refractivity contribution is 5.54. The smallest absolute Gasteiger partial charge is 0.226 e. The molecule has 4 N–H and O–H groups in total. The summed E-state index contributed by atoms with van der Waals surface area (Å²) < 4.78 is 7.23. The zero-order chi connectivity index (χ0) is 20.6. The standard InChI is InChI=1S/C19H31N9O2/c29-9-1-6-28-14-16(25-26-28)13-21-17-12-18(27-7-10-30-11-8-27)24-19(23-17)22-15-2-4-20-5-3-15/h12,14-15,20,29H,1-11,13H2,(H2,21,22,23,24). The van der Waals surface area contributed by atoms with E-state index >= 15 is 0 Å². The Labute approximate surface area is 176 Å². The van der Waals surface area contributed by atoms with Crippen molar-refractivity contribution in [1.29, 1.82) is 0 Å². The molecule has 0 bridgehead atoms. The van der Waals surface area contributed by atoms with Crippen LogP contribution in [0.2, 0.25) is 0 Å². The second kappa shape index (κ2) is 10.5. The zero-order valence-electron chi connectivity index (χ0n) is 17.3. The Kier molecular flexibility index (Phi) is 7.27. The number of nitrogens with zero attached hydrogens (tertiary/aromatic N) is 6. The fraction of sp³-hybridized carbons (Fsp3) is 0.684. The SMILES string of the molecule is OCCCn1cc(CNc2cc(N3CCOCC3)nc(NC3CCNCC3)n2)nn1. The number of rotatable bonds is 9. The molecule has 30 heavy (non-hydrogen) atoms. The normalized spacial score (nSPS) is 17.8. The lowest BCUT2D eigenvalue weighted by molar-refractivity contribution is 0.122. The van der Waals surface area contributed by atoms with E-state index in [1.54, 1.807) is 4.68 Å². The minimum atomic E-state index is 0.144. The summed E-state index contributed by atoms with van der Waals surface area (Å²) in [5, 5.41) is 27.5. The molecule has 4 heterocycles. The van der Waals surface area contributed by atoms with Crippen molar-refractivity contribution < 1.29 is 9.84 Å². The number of ether oxygens (including phenoxy) is 1. The van der Waals surface area contributed by atoms with Crippen LogP contribution in [0.5, 0.6) is 0 Å². The number of hydrogen-bond acceptors (Lipinski definition) is 10. The summed E-state index contributed by atoms with van der Waals surface area (Å²) in [6, 6.07) is 2.36. The van der Waals surface area contributed by atoms with Gasteiger partial charge in [0.15, 0.2) is 0 Å². The molecule has 2 aliphatic rings. The number of nitrogens with one attached hydrogen (secondary N) is 3. The molecule has 4 rings (SSSR count). The molecular weight excluding hydrogens is 386 g/mol. The predicted molar refractivity (Wildman–Crippen MR) is 114 cm³/mol. The Morgan fingerprint density at radius 3 is 2.83 bits per heavy atom. The van der Waals surface area contributed by atoms with Gasteiger partial charge < -0.3 is 30.7 Å². The van der Waals surface area contributed by atoms with Crippen LogP contribution in [0.1, 0.15) is 25.0 Å². The van der Waals surface area contributed by atoms with Crippen LogP contribution in [0.25, 0.3) is 0 Å². The molecule has 11 heteroatoms. The van der Waals surface area contributed by atoms with Gasteiger partial charge in [-0.15, -0.1) is 5.10 Å². The molecule has 0 atom stereocenters. The quantitative estimate of drug-likeness (QED) is 0.445. The number of aryl methyl sites for hydroxylation is 1. The summed E-state index contributed by atoms with van der Waals surface area (Å²) in [6.45, 7) is 6.40. The highest BCUT2D eigenvalue weighted by atomic mass is 16.5. The number of aromatic nitrogens is 5. The van der Waals surface area contributed by atoms with E-state index in [0.717, 1.165) is 56.4 Å². The molecular formula is C19H31N9O2. The minimum Gasteiger partial charge on any atom is -0.396 e. The van der Waals surface area contributed by atoms with Crippen molar-refractivity contribution in [2.45, 2.75) is 38.4 Å². The largest absolute Gasteiger partial charge is 0.396 e. The summed E-state index contributed by atoms with van der Waals surface area (Å²) in [6.07, 6.45) is 4.67. The molecule has 164 valence electrons. The van der Waals surface area contributed by atoms with Crippen molar-refractivity contribution in [3.05, 3.63) is 18.0 Å². The van der Waals surface area contributed by atoms with Crippen molar-refractivity contribution in [2.24, 2.45) is 0 Å². The Morgan fingerprint density at radius 1 is 1.20 bits per heavy atom. The number of piperidine rings is 1. The van der Waals surface area contributed by atoms with Crippen LogP contribution >= 0.6 is 0 Å². The molecule has 2 aromatic rings. The Hall–Kier alpha value is -2.50. The van der Waals surface area contributed by atoms with E-state index in [1.807, 2.05) is 12.3 Å². The van der Waals surface area contributed by atoms with Gasteiger partial charge in [-0.1, -0.05) is 5.21 Å². The molecule has 2 aliphatic heterocycles. The van der Waals surface area contributed by atoms with Gasteiger partial charge in [0.1, 0.15) is 17.3 Å². The van der Waals surface area contributed by atoms with E-state index in [2.05, 4.69) is 31.2 Å². The average molecular weight is 418 g/mol. The van der Waals surface area contributed by atoms with Crippen LogP contribution in [0.15, 0.2) is 12.3 Å². The number of anilines is 3. The molecule has 0 aromatic carbocycles. The Bertz CT molecular complexity index is 788. The highest BCUT2D eigenvalue weighted by Crippen LogP contribution is 2.21. The van der Waals surface area contributed by atoms with Gasteiger partial charge in [0.25, 0.3) is 0 Å². The maximum absolute atomic E-state index is 8.95. The fourth-order valence-corrected chi connectivity index (χ4v) is 3.64. The van der Waals surface area contributed by atoms with Gasteiger partial charge in [-0.2, -0.15) is 9.97 Å². The third kappa shape index (κ3) is 5.77. The maximum atomic E-state index is 8.95. The summed E-state index contributed by atoms with van der Waals surface area (Å²) in [7, 11) is 0. The van der Waals surface area contributed by atoms with E-state index < -0.39 is 0 Å². The van der Waals surface area contributed by atoms with Crippen LogP contribution in [0, 0.1) is 0 Å². The van der Waals surface area contributed by atoms with E-state index in [9.17, 15) is 0 Å². The van der Waals surface area contributed by atoms with E-state index in [-0.39, 0.29) is 6.61 Å². The molecule has 0 spiro atoms. The first-order chi connectivity index (χ1) is 14.8. The van der Waals surface area contributed by atoms with Crippen molar-refractivity contribution in [2.75, 3.05) is 61.5 Å². The third-order valence-corrected chi connectivity index (χ3v) is 5.30. The van der Waals surface area contributed by atoms with E-state index in [0.29, 0.717) is 44.7 Å². The monoisotopic (exact) mass is 417 g/mol. The Balaban J connectivity index is 1.45. The highest BCUT2D eigenvalue weighted by Gasteiger charge is 2.18. The fourth-order valence-electron chi connectivity index (χ4n) is 3.64. The molecule has 0 aliphatic carbocycles. The number of morpholine rings is 1. The molecule has 2 fully saturated rings. The third-order valence-electron chi connectivity index (χ3n) is 5.30. The molecule has 11 nitrogen and oxygen atoms in total. The topological polar surface area (TPSA) is 125 Å². The molecule has 0 saturated carbocycles. The molecule has 2 aromatic heterocycles. The lowest BCUT2D eigenvalue weighted by Gasteiger charge is -2.29. The average Bonchev–Trinajstić information content (AvgIpc) is 3.25. The number of aliphatic hydroxyl groups is 1. The van der Waals surface area contributed by atoms with E-state index in [1.165, 1.54) is 0 Å². The second-order valence-electron chi connectivity index (χ2n) is 7.61. The first kappa shape index (κ1) is 20.8. The van der Waals surface area contributed by atoms with E-state index in [4.69, 9.17) is 19.8 Å². The summed E-state index contributed by atoms with van der Waals surface area (Å²) in [5.74, 6) is 2.31. The van der Waals surface area contributed by atoms with Crippen LogP contribution in [0.4, 0.5) is 17.6 Å². The lowest BCUT2D eigenvalue weighted by Crippen LogP contribution is -2.38. The van der Waals surface area contributed by atoms with Crippen molar-refractivity contribution in [3.63, 3.8) is 0 Å². The van der Waals surface area contributed by atoms with Gasteiger partial charge in [0.05, 0.1) is 26.0 Å². The molecule has 2 saturated heterocycles. The van der Waals surface area contributed by atoms with Gasteiger partial charge in [-0.25, -0.2) is 0 Å². The summed E-state index contributed by atoms with van der Waals surface area (Å²) >= 11 is 0. The van der Waals surface area contributed by atoms with Crippen molar-refractivity contribution in [3.8, 4) is 0 Å². The molecule has 0 radical (unpaired) electrons. The number of aliphatic hydroxyl groups excluding tert-OH is 1. The summed E-state index contributed by atoms with van der Waals surface area (Å²) in [4.78, 5) is 11.7. The first-order valence-corrected chi connectivity index (χ1v) is 10.7. The molecule has 0 unspecified atom stereocenters. The van der Waals surface area contributed by atoms with Crippen LogP contribution in [-0.2, 0) is 17.8 Å². The van der Waals surface area contributed by atoms with Gasteiger partial charge in [0, 0.05) is 38.3 Å². The van der Waals surface area contributed by atoms with Crippen molar-refractivity contribution >= 4 is 17.6 Å². The van der Waals surface area contributed by atoms with Gasteiger partial charge in [0.2, 0.25) is 5.95 Å². The van der Waals surface area contributed by atoms with Gasteiger partial charge in [-0.3, -0.25) is 4.68 Å². The van der Waals surface area contributed by atoms with Crippen LogP contribution < -0.4 is 20.9 Å². The lowest BCUT2D eigenvalue weighted by atomic mass is 10.1. The van der Waals surface area contributed by atoms with Gasteiger partial charge in [-0.05, 0) is 32.4 Å². The first-order valence-electron chi connectivity index (χ1n) is 10.7. The maximum Gasteiger partial charge on any atom is 0.226 e. The van der Waals surface area contributed by atoms with Crippen LogP contribution in [0.3, 0.4) is 0 Å². The minimum absolute atomic E-state index is 0.144. The van der Waals surface area contributed by atoms with Crippen LogP contribution in [-0.4, -0.2) is 82.1 Å².